The standard InChI is InChI=1S/C14H19F3O3/c1-4-19-13(2,3)12(18)9-10-5-7-11(8-6-10)20-14(15,16)17/h5-8,12,18H,4,9H2,1-3H3. The van der Waals surface area contributed by atoms with Crippen molar-refractivity contribution >= 4 is 0 Å². The molecular weight excluding hydrogens is 273 g/mol. The van der Waals surface area contributed by atoms with Crippen LogP contribution in [0.5, 0.6) is 5.75 Å². The number of benzene rings is 1. The van der Waals surface area contributed by atoms with Crippen LogP contribution in [0.25, 0.3) is 0 Å². The maximum absolute atomic E-state index is 12.0. The fourth-order valence-electron chi connectivity index (χ4n) is 1.76. The number of ether oxygens (including phenoxy) is 2. The monoisotopic (exact) mass is 292 g/mol. The van der Waals surface area contributed by atoms with Crippen molar-refractivity contribution in [1.82, 2.24) is 0 Å². The topological polar surface area (TPSA) is 38.7 Å². The van der Waals surface area contributed by atoms with E-state index in [-0.39, 0.29) is 5.75 Å². The van der Waals surface area contributed by atoms with Crippen LogP contribution in [-0.2, 0) is 11.2 Å². The summed E-state index contributed by atoms with van der Waals surface area (Å²) in [5.41, 5.74) is -0.00426. The third-order valence-electron chi connectivity index (χ3n) is 2.90. The van der Waals surface area contributed by atoms with Gasteiger partial charge in [0.25, 0.3) is 0 Å². The highest BCUT2D eigenvalue weighted by atomic mass is 19.4. The van der Waals surface area contributed by atoms with Crippen LogP contribution >= 0.6 is 0 Å². The maximum atomic E-state index is 12.0. The van der Waals surface area contributed by atoms with Gasteiger partial charge in [0, 0.05) is 13.0 Å². The minimum atomic E-state index is -4.70. The Morgan fingerprint density at radius 3 is 2.15 bits per heavy atom. The smallest absolute Gasteiger partial charge is 0.406 e. The molecule has 0 fully saturated rings. The zero-order chi connectivity index (χ0) is 15.4. The zero-order valence-corrected chi connectivity index (χ0v) is 11.7. The van der Waals surface area contributed by atoms with Gasteiger partial charge >= 0.3 is 6.36 Å². The molecule has 1 aromatic rings. The molecule has 1 aromatic carbocycles. The first kappa shape index (κ1) is 16.8. The highest BCUT2D eigenvalue weighted by molar-refractivity contribution is 5.28. The van der Waals surface area contributed by atoms with Crippen molar-refractivity contribution in [3.8, 4) is 5.75 Å². The third-order valence-corrected chi connectivity index (χ3v) is 2.90. The maximum Gasteiger partial charge on any atom is 0.573 e. The van der Waals surface area contributed by atoms with Gasteiger partial charge in [0.1, 0.15) is 5.75 Å². The number of hydrogen-bond acceptors (Lipinski definition) is 3. The molecule has 0 aliphatic carbocycles. The van der Waals surface area contributed by atoms with Crippen LogP contribution in [0.1, 0.15) is 26.3 Å². The van der Waals surface area contributed by atoms with Gasteiger partial charge < -0.3 is 14.6 Å². The number of aliphatic hydroxyl groups excluding tert-OH is 1. The van der Waals surface area contributed by atoms with Crippen LogP contribution in [0.2, 0.25) is 0 Å². The predicted molar refractivity (Wildman–Crippen MR) is 68.5 cm³/mol. The molecule has 0 spiro atoms. The molecule has 0 saturated carbocycles. The first-order valence-electron chi connectivity index (χ1n) is 6.31. The lowest BCUT2D eigenvalue weighted by Gasteiger charge is -2.30. The Labute approximate surface area is 116 Å². The second-order valence-electron chi connectivity index (χ2n) is 4.95. The fraction of sp³-hybridized carbons (Fsp3) is 0.571. The highest BCUT2D eigenvalue weighted by Gasteiger charge is 2.31. The van der Waals surface area contributed by atoms with E-state index in [4.69, 9.17) is 4.74 Å². The van der Waals surface area contributed by atoms with E-state index in [9.17, 15) is 18.3 Å². The number of alkyl halides is 3. The van der Waals surface area contributed by atoms with E-state index in [1.54, 1.807) is 13.8 Å². The van der Waals surface area contributed by atoms with Gasteiger partial charge in [0.15, 0.2) is 0 Å². The lowest BCUT2D eigenvalue weighted by Crippen LogP contribution is -2.40. The van der Waals surface area contributed by atoms with Crippen molar-refractivity contribution in [3.63, 3.8) is 0 Å². The van der Waals surface area contributed by atoms with Crippen LogP contribution in [0.3, 0.4) is 0 Å². The summed E-state index contributed by atoms with van der Waals surface area (Å²) in [7, 11) is 0. The van der Waals surface area contributed by atoms with E-state index < -0.39 is 18.1 Å². The van der Waals surface area contributed by atoms with Crippen molar-refractivity contribution in [3.05, 3.63) is 29.8 Å². The average Bonchev–Trinajstić information content (AvgIpc) is 2.29. The average molecular weight is 292 g/mol. The van der Waals surface area contributed by atoms with Crippen LogP contribution in [0.15, 0.2) is 24.3 Å². The molecule has 6 heteroatoms. The lowest BCUT2D eigenvalue weighted by atomic mass is 9.95. The summed E-state index contributed by atoms with van der Waals surface area (Å²) in [5, 5.41) is 10.1. The SMILES string of the molecule is CCOC(C)(C)C(O)Cc1ccc(OC(F)(F)F)cc1. The van der Waals surface area contributed by atoms with E-state index in [0.717, 1.165) is 0 Å². The molecule has 20 heavy (non-hydrogen) atoms. The van der Waals surface area contributed by atoms with Crippen molar-refractivity contribution in [1.29, 1.82) is 0 Å². The van der Waals surface area contributed by atoms with Crippen LogP contribution in [-0.4, -0.2) is 29.8 Å². The molecule has 0 bridgehead atoms. The summed E-state index contributed by atoms with van der Waals surface area (Å²) in [6, 6.07) is 5.44. The van der Waals surface area contributed by atoms with Gasteiger partial charge in [-0.2, -0.15) is 0 Å². The quantitative estimate of drug-likeness (QED) is 0.874. The molecule has 0 aliphatic heterocycles. The molecule has 1 rings (SSSR count). The van der Waals surface area contributed by atoms with E-state index in [1.807, 2.05) is 6.92 Å². The van der Waals surface area contributed by atoms with Crippen molar-refractivity contribution in [2.24, 2.45) is 0 Å². The van der Waals surface area contributed by atoms with E-state index >= 15 is 0 Å². The largest absolute Gasteiger partial charge is 0.573 e. The Hall–Kier alpha value is -1.27. The first-order valence-corrected chi connectivity index (χ1v) is 6.31. The van der Waals surface area contributed by atoms with Crippen molar-refractivity contribution in [2.45, 2.75) is 45.3 Å². The normalized spacial score (nSPS) is 14.2. The van der Waals surface area contributed by atoms with Crippen molar-refractivity contribution in [2.75, 3.05) is 6.61 Å². The Balaban J connectivity index is 2.66. The van der Waals surface area contributed by atoms with Gasteiger partial charge in [-0.15, -0.1) is 13.2 Å². The van der Waals surface area contributed by atoms with Gasteiger partial charge in [-0.1, -0.05) is 12.1 Å². The summed E-state index contributed by atoms with van der Waals surface area (Å²) < 4.78 is 45.3. The van der Waals surface area contributed by atoms with E-state index in [0.29, 0.717) is 18.6 Å². The minimum Gasteiger partial charge on any atom is -0.406 e. The third kappa shape index (κ3) is 5.38. The number of hydrogen-bond donors (Lipinski definition) is 1. The Bertz CT molecular complexity index is 413. The van der Waals surface area contributed by atoms with E-state index in [2.05, 4.69) is 4.74 Å². The summed E-state index contributed by atoms with van der Waals surface area (Å²) in [6.07, 6.45) is -5.16. The first-order chi connectivity index (χ1) is 9.14. The number of halogens is 3. The Morgan fingerprint density at radius 2 is 1.70 bits per heavy atom. The molecule has 0 heterocycles. The molecule has 3 nitrogen and oxygen atoms in total. The van der Waals surface area contributed by atoms with Crippen LogP contribution in [0, 0.1) is 0 Å². The van der Waals surface area contributed by atoms with Gasteiger partial charge in [0.2, 0.25) is 0 Å². The zero-order valence-electron chi connectivity index (χ0n) is 11.7. The van der Waals surface area contributed by atoms with Crippen LogP contribution < -0.4 is 4.74 Å². The molecule has 1 unspecified atom stereocenters. The van der Waals surface area contributed by atoms with Gasteiger partial charge in [-0.25, -0.2) is 0 Å². The van der Waals surface area contributed by atoms with Gasteiger partial charge in [0.05, 0.1) is 11.7 Å². The van der Waals surface area contributed by atoms with E-state index in [1.165, 1.54) is 24.3 Å². The summed E-state index contributed by atoms with van der Waals surface area (Å²) in [5.74, 6) is -0.278. The highest BCUT2D eigenvalue weighted by Crippen LogP contribution is 2.24. The van der Waals surface area contributed by atoms with Crippen LogP contribution in [0.4, 0.5) is 13.2 Å². The minimum absolute atomic E-state index is 0.278. The summed E-state index contributed by atoms with van der Waals surface area (Å²) in [4.78, 5) is 0. The molecule has 114 valence electrons. The Kier molecular flexibility index (Phi) is 5.42. The summed E-state index contributed by atoms with van der Waals surface area (Å²) >= 11 is 0. The molecule has 0 aromatic heterocycles. The Morgan fingerprint density at radius 1 is 1.15 bits per heavy atom. The van der Waals surface area contributed by atoms with Gasteiger partial charge in [-0.05, 0) is 38.5 Å². The number of aliphatic hydroxyl groups is 1. The second kappa shape index (κ2) is 6.45. The fourth-order valence-corrected chi connectivity index (χ4v) is 1.76. The molecule has 1 atom stereocenters. The molecular formula is C14H19F3O3. The molecule has 1 N–H and O–H groups in total. The predicted octanol–water partition coefficient (Wildman–Crippen LogP) is 3.30. The van der Waals surface area contributed by atoms with Gasteiger partial charge in [-0.3, -0.25) is 0 Å². The molecule has 0 radical (unpaired) electrons. The summed E-state index contributed by atoms with van der Waals surface area (Å²) in [6.45, 7) is 5.84. The molecule has 0 amide bonds. The second-order valence-corrected chi connectivity index (χ2v) is 4.95. The number of rotatable bonds is 6. The van der Waals surface area contributed by atoms with Crippen molar-refractivity contribution < 1.29 is 27.8 Å². The lowest BCUT2D eigenvalue weighted by molar-refractivity contribution is -0.274. The molecule has 0 saturated heterocycles. The molecule has 0 aliphatic rings.